The van der Waals surface area contributed by atoms with Crippen molar-refractivity contribution in [3.63, 3.8) is 0 Å². The molecule has 1 aromatic heterocycles. The van der Waals surface area contributed by atoms with Crippen LogP contribution < -0.4 is 4.90 Å². The van der Waals surface area contributed by atoms with E-state index in [1.165, 1.54) is 4.90 Å². The van der Waals surface area contributed by atoms with Crippen molar-refractivity contribution in [2.45, 2.75) is 13.8 Å². The fourth-order valence-corrected chi connectivity index (χ4v) is 2.43. The van der Waals surface area contributed by atoms with Gasteiger partial charge in [-0.05, 0) is 17.5 Å². The van der Waals surface area contributed by atoms with E-state index in [0.717, 1.165) is 0 Å². The monoisotopic (exact) mass is 248 g/mol. The van der Waals surface area contributed by atoms with Crippen LogP contribution in [0.25, 0.3) is 0 Å². The molecule has 1 aromatic rings. The van der Waals surface area contributed by atoms with E-state index in [4.69, 9.17) is 5.11 Å². The Balaban J connectivity index is 2.17. The van der Waals surface area contributed by atoms with Crippen LogP contribution in [0.5, 0.6) is 0 Å². The van der Waals surface area contributed by atoms with E-state index in [1.807, 2.05) is 0 Å². The smallest absolute Gasteiger partial charge is 0.307 e. The average Bonchev–Trinajstić information content (AvgIpc) is 2.92. The van der Waals surface area contributed by atoms with Crippen LogP contribution in [0.4, 0.5) is 5.82 Å². The van der Waals surface area contributed by atoms with Gasteiger partial charge >= 0.3 is 5.97 Å². The number of hydrogen-bond acceptors (Lipinski definition) is 3. The Morgan fingerprint density at radius 3 is 2.44 bits per heavy atom. The number of hydrogen-bond donors (Lipinski definition) is 1. The second kappa shape index (κ2) is 4.08. The van der Waals surface area contributed by atoms with Gasteiger partial charge in [-0.3, -0.25) is 14.5 Å². The number of anilines is 1. The average molecular weight is 248 g/mol. The highest BCUT2D eigenvalue weighted by atomic mass is 16.4. The molecule has 2 rings (SSSR count). The van der Waals surface area contributed by atoms with E-state index >= 15 is 0 Å². The molecule has 18 heavy (non-hydrogen) atoms. The Morgan fingerprint density at radius 1 is 1.33 bits per heavy atom. The molecule has 2 unspecified atom stereocenters. The molecule has 1 aliphatic carbocycles. The summed E-state index contributed by atoms with van der Waals surface area (Å²) in [6, 6.07) is 5.28. The van der Waals surface area contributed by atoms with Gasteiger partial charge < -0.3 is 5.11 Å². The first-order valence-electron chi connectivity index (χ1n) is 5.78. The first-order valence-corrected chi connectivity index (χ1v) is 5.78. The zero-order valence-corrected chi connectivity index (χ0v) is 10.6. The Labute approximate surface area is 105 Å². The van der Waals surface area contributed by atoms with Crippen LogP contribution in [0, 0.1) is 17.3 Å². The fourth-order valence-electron chi connectivity index (χ4n) is 2.43. The third-order valence-corrected chi connectivity index (χ3v) is 3.68. The highest BCUT2D eigenvalue weighted by Crippen LogP contribution is 2.59. The molecule has 1 amide bonds. The molecule has 1 aliphatic rings. The first kappa shape index (κ1) is 12.5. The quantitative estimate of drug-likeness (QED) is 0.877. The number of aromatic nitrogens is 1. The maximum absolute atomic E-state index is 12.3. The molecule has 0 aromatic carbocycles. The number of carboxylic acid groups (broad SMARTS) is 1. The molecule has 0 spiro atoms. The molecule has 0 radical (unpaired) electrons. The van der Waals surface area contributed by atoms with Gasteiger partial charge in [-0.25, -0.2) is 4.98 Å². The maximum Gasteiger partial charge on any atom is 0.307 e. The second-order valence-corrected chi connectivity index (χ2v) is 5.20. The highest BCUT2D eigenvalue weighted by Gasteiger charge is 2.66. The van der Waals surface area contributed by atoms with Crippen LogP contribution >= 0.6 is 0 Å². The Morgan fingerprint density at radius 2 is 2.00 bits per heavy atom. The fraction of sp³-hybridized carbons (Fsp3) is 0.462. The zero-order chi connectivity index (χ0) is 13.5. The van der Waals surface area contributed by atoms with Gasteiger partial charge in [0.1, 0.15) is 5.82 Å². The summed E-state index contributed by atoms with van der Waals surface area (Å²) in [6.45, 7) is 3.61. The third kappa shape index (κ3) is 1.85. The molecular formula is C13H16N2O3. The van der Waals surface area contributed by atoms with Crippen molar-refractivity contribution >= 4 is 17.7 Å². The topological polar surface area (TPSA) is 70.5 Å². The first-order chi connectivity index (χ1) is 8.37. The Bertz CT molecular complexity index is 484. The maximum atomic E-state index is 12.3. The molecule has 96 valence electrons. The van der Waals surface area contributed by atoms with Crippen molar-refractivity contribution < 1.29 is 14.7 Å². The van der Waals surface area contributed by atoms with Crippen LogP contribution in [-0.4, -0.2) is 29.0 Å². The Kier molecular flexibility index (Phi) is 2.84. The molecule has 0 saturated heterocycles. The predicted molar refractivity (Wildman–Crippen MR) is 66.0 cm³/mol. The number of aliphatic carboxylic acids is 1. The molecule has 2 atom stereocenters. The van der Waals surface area contributed by atoms with E-state index in [2.05, 4.69) is 4.98 Å². The van der Waals surface area contributed by atoms with E-state index in [1.54, 1.807) is 45.3 Å². The largest absolute Gasteiger partial charge is 0.481 e. The van der Waals surface area contributed by atoms with Gasteiger partial charge in [0.15, 0.2) is 0 Å². The molecule has 5 heteroatoms. The van der Waals surface area contributed by atoms with Crippen LogP contribution in [0.1, 0.15) is 13.8 Å². The number of carbonyl (C=O) groups excluding carboxylic acids is 1. The second-order valence-electron chi connectivity index (χ2n) is 5.20. The SMILES string of the molecule is CN(C(=O)C1C(C(=O)O)C1(C)C)c1ccccn1. The summed E-state index contributed by atoms with van der Waals surface area (Å²) >= 11 is 0. The predicted octanol–water partition coefficient (Wildman–Crippen LogP) is 1.40. The number of amides is 1. The van der Waals surface area contributed by atoms with E-state index in [0.29, 0.717) is 5.82 Å². The van der Waals surface area contributed by atoms with Gasteiger partial charge in [0.05, 0.1) is 11.8 Å². The van der Waals surface area contributed by atoms with Gasteiger partial charge in [0, 0.05) is 13.2 Å². The summed E-state index contributed by atoms with van der Waals surface area (Å²) in [5.41, 5.74) is -0.480. The number of nitrogens with zero attached hydrogens (tertiary/aromatic N) is 2. The van der Waals surface area contributed by atoms with Crippen molar-refractivity contribution in [2.75, 3.05) is 11.9 Å². The van der Waals surface area contributed by atoms with E-state index in [9.17, 15) is 9.59 Å². The molecule has 0 bridgehead atoms. The molecule has 0 aliphatic heterocycles. The molecule has 1 fully saturated rings. The van der Waals surface area contributed by atoms with Gasteiger partial charge in [-0.1, -0.05) is 19.9 Å². The van der Waals surface area contributed by atoms with Crippen LogP contribution in [-0.2, 0) is 9.59 Å². The van der Waals surface area contributed by atoms with Crippen molar-refractivity contribution in [3.05, 3.63) is 24.4 Å². The molecule has 1 N–H and O–H groups in total. The number of carbonyl (C=O) groups is 2. The summed E-state index contributed by atoms with van der Waals surface area (Å²) in [4.78, 5) is 28.8. The summed E-state index contributed by atoms with van der Waals surface area (Å²) < 4.78 is 0. The lowest BCUT2D eigenvalue weighted by molar-refractivity contribution is -0.140. The zero-order valence-electron chi connectivity index (χ0n) is 10.6. The highest BCUT2D eigenvalue weighted by molar-refractivity contribution is 6.00. The molecule has 1 saturated carbocycles. The van der Waals surface area contributed by atoms with Crippen LogP contribution in [0.15, 0.2) is 24.4 Å². The van der Waals surface area contributed by atoms with Crippen molar-refractivity contribution in [1.29, 1.82) is 0 Å². The Hall–Kier alpha value is -1.91. The van der Waals surface area contributed by atoms with Gasteiger partial charge in [0.2, 0.25) is 5.91 Å². The number of carboxylic acids is 1. The summed E-state index contributed by atoms with van der Waals surface area (Å²) in [5.74, 6) is -1.63. The minimum Gasteiger partial charge on any atom is -0.481 e. The lowest BCUT2D eigenvalue weighted by atomic mass is 10.1. The van der Waals surface area contributed by atoms with Crippen molar-refractivity contribution in [1.82, 2.24) is 4.98 Å². The molecule has 5 nitrogen and oxygen atoms in total. The van der Waals surface area contributed by atoms with Gasteiger partial charge in [-0.15, -0.1) is 0 Å². The molecule has 1 heterocycles. The van der Waals surface area contributed by atoms with E-state index in [-0.39, 0.29) is 5.91 Å². The van der Waals surface area contributed by atoms with Gasteiger partial charge in [-0.2, -0.15) is 0 Å². The minimum absolute atomic E-state index is 0.189. The number of rotatable bonds is 3. The van der Waals surface area contributed by atoms with E-state index < -0.39 is 23.2 Å². The van der Waals surface area contributed by atoms with Crippen LogP contribution in [0.2, 0.25) is 0 Å². The lowest BCUT2D eigenvalue weighted by Crippen LogP contribution is -2.30. The van der Waals surface area contributed by atoms with Crippen molar-refractivity contribution in [2.24, 2.45) is 17.3 Å². The van der Waals surface area contributed by atoms with Crippen molar-refractivity contribution in [3.8, 4) is 0 Å². The summed E-state index contributed by atoms with van der Waals surface area (Å²) in [5, 5.41) is 9.07. The van der Waals surface area contributed by atoms with Gasteiger partial charge in [0.25, 0.3) is 0 Å². The molecular weight excluding hydrogens is 232 g/mol. The lowest BCUT2D eigenvalue weighted by Gasteiger charge is -2.16. The summed E-state index contributed by atoms with van der Waals surface area (Å²) in [6.07, 6.45) is 1.60. The van der Waals surface area contributed by atoms with Crippen LogP contribution in [0.3, 0.4) is 0 Å². The minimum atomic E-state index is -0.909. The third-order valence-electron chi connectivity index (χ3n) is 3.68. The number of pyridine rings is 1. The normalized spacial score (nSPS) is 24.4. The summed E-state index contributed by atoms with van der Waals surface area (Å²) in [7, 11) is 1.62. The standard InChI is InChI=1S/C13H16N2O3/c1-13(2)9(10(13)12(17)18)11(16)15(3)8-6-4-5-7-14-8/h4-7,9-10H,1-3H3,(H,17,18).